The van der Waals surface area contributed by atoms with Gasteiger partial charge in [0.05, 0.1) is 28.0 Å². The number of aromatic hydroxyl groups is 1. The van der Waals surface area contributed by atoms with Crippen molar-refractivity contribution >= 4 is 32.6 Å². The van der Waals surface area contributed by atoms with Crippen LogP contribution in [-0.2, 0) is 21.1 Å². The summed E-state index contributed by atoms with van der Waals surface area (Å²) in [6, 6.07) is 47.1. The number of phenols is 1. The number of phenolic OH excluding ortho intramolecular Hbond substituents is 1. The molecule has 2 aromatic heterocycles. The standard InChI is InChI=1S/C44H36N3O.Pt/c1-27(2)33-18-11-19-34(28(3)4)43(33)47-39-21-12-20-37(42(39)46-44(47)36-17-9-10-22-40(36)48)41-35-16-8-7-15-31(35)26-38(45-41)32-24-23-29-13-5-6-14-30(29)25-32;/h5-23,25-28,48H,1-4H3;/q-1;. The summed E-state index contributed by atoms with van der Waals surface area (Å²) in [5.74, 6) is 1.45. The number of aromatic nitrogens is 3. The summed E-state index contributed by atoms with van der Waals surface area (Å²) in [4.78, 5) is 10.8. The molecule has 8 aromatic rings. The van der Waals surface area contributed by atoms with E-state index in [0.717, 1.165) is 60.8 Å². The minimum Gasteiger partial charge on any atom is -0.507 e. The molecule has 244 valence electrons. The van der Waals surface area contributed by atoms with Gasteiger partial charge in [0.1, 0.15) is 11.6 Å². The number of nitrogens with zero attached hydrogens (tertiary/aromatic N) is 3. The van der Waals surface area contributed by atoms with Crippen LogP contribution in [0.5, 0.6) is 5.75 Å². The maximum atomic E-state index is 11.2. The van der Waals surface area contributed by atoms with Crippen LogP contribution in [0.15, 0.2) is 127 Å². The Morgan fingerprint density at radius 3 is 2.00 bits per heavy atom. The van der Waals surface area contributed by atoms with E-state index in [-0.39, 0.29) is 38.7 Å². The molecule has 4 nitrogen and oxygen atoms in total. The van der Waals surface area contributed by atoms with Crippen LogP contribution in [-0.4, -0.2) is 19.6 Å². The number of hydrogen-bond donors (Lipinski definition) is 1. The molecule has 0 fully saturated rings. The fourth-order valence-corrected chi connectivity index (χ4v) is 6.95. The van der Waals surface area contributed by atoms with Gasteiger partial charge in [0.2, 0.25) is 0 Å². The molecule has 6 aromatic carbocycles. The number of benzene rings is 6. The Bertz CT molecular complexity index is 2470. The first-order chi connectivity index (χ1) is 23.4. The molecular weight excluding hydrogens is 782 g/mol. The van der Waals surface area contributed by atoms with Crippen molar-refractivity contribution in [2.24, 2.45) is 0 Å². The molecule has 0 aliphatic carbocycles. The van der Waals surface area contributed by atoms with Crippen LogP contribution in [0.25, 0.3) is 72.2 Å². The van der Waals surface area contributed by atoms with Crippen LogP contribution in [0.4, 0.5) is 0 Å². The van der Waals surface area contributed by atoms with Crippen molar-refractivity contribution in [1.29, 1.82) is 0 Å². The number of rotatable bonds is 6. The smallest absolute Gasteiger partial charge is 0.149 e. The van der Waals surface area contributed by atoms with Crippen molar-refractivity contribution in [2.75, 3.05) is 0 Å². The minimum atomic E-state index is 0. The zero-order valence-corrected chi connectivity index (χ0v) is 30.2. The second-order valence-corrected chi connectivity index (χ2v) is 13.1. The predicted molar refractivity (Wildman–Crippen MR) is 199 cm³/mol. The number of pyridine rings is 1. The van der Waals surface area contributed by atoms with E-state index in [4.69, 9.17) is 9.97 Å². The van der Waals surface area contributed by atoms with Crippen LogP contribution in [0.1, 0.15) is 50.7 Å². The molecule has 2 heterocycles. The molecule has 8 rings (SSSR count). The normalized spacial score (nSPS) is 11.6. The monoisotopic (exact) mass is 817 g/mol. The second-order valence-electron chi connectivity index (χ2n) is 13.1. The molecular formula is C44H36N3OPt-. The van der Waals surface area contributed by atoms with Crippen molar-refractivity contribution in [3.8, 4) is 45.3 Å². The largest absolute Gasteiger partial charge is 0.507 e. The third kappa shape index (κ3) is 5.64. The van der Waals surface area contributed by atoms with E-state index in [9.17, 15) is 5.11 Å². The maximum absolute atomic E-state index is 11.2. The summed E-state index contributed by atoms with van der Waals surface area (Å²) in [6.45, 7) is 8.94. The Hall–Kier alpha value is -5.05. The molecule has 0 amide bonds. The van der Waals surface area contributed by atoms with Crippen LogP contribution < -0.4 is 0 Å². The van der Waals surface area contributed by atoms with E-state index in [0.29, 0.717) is 11.4 Å². The van der Waals surface area contributed by atoms with Gasteiger partial charge in [-0.2, -0.15) is 0 Å². The van der Waals surface area contributed by atoms with Crippen molar-refractivity contribution < 1.29 is 26.2 Å². The second kappa shape index (κ2) is 13.1. The van der Waals surface area contributed by atoms with Gasteiger partial charge >= 0.3 is 0 Å². The van der Waals surface area contributed by atoms with E-state index in [2.05, 4.69) is 135 Å². The summed E-state index contributed by atoms with van der Waals surface area (Å²) < 4.78 is 2.27. The molecule has 5 heteroatoms. The molecule has 0 radical (unpaired) electrons. The van der Waals surface area contributed by atoms with Gasteiger partial charge in [0.15, 0.2) is 0 Å². The van der Waals surface area contributed by atoms with Crippen LogP contribution >= 0.6 is 0 Å². The molecule has 49 heavy (non-hydrogen) atoms. The minimum absolute atomic E-state index is 0. The first-order valence-corrected chi connectivity index (χ1v) is 16.6. The molecule has 0 aliphatic rings. The Morgan fingerprint density at radius 1 is 0.633 bits per heavy atom. The first kappa shape index (κ1) is 32.5. The van der Waals surface area contributed by atoms with Crippen molar-refractivity contribution in [1.82, 2.24) is 14.5 Å². The Labute approximate surface area is 301 Å². The van der Waals surface area contributed by atoms with E-state index in [1.807, 2.05) is 24.3 Å². The van der Waals surface area contributed by atoms with Crippen molar-refractivity contribution in [2.45, 2.75) is 39.5 Å². The van der Waals surface area contributed by atoms with Gasteiger partial charge in [-0.1, -0.05) is 130 Å². The summed E-state index contributed by atoms with van der Waals surface area (Å²) in [5.41, 5.74) is 9.69. The average Bonchev–Trinajstić information content (AvgIpc) is 3.50. The summed E-state index contributed by atoms with van der Waals surface area (Å²) in [6.07, 6.45) is 0. The van der Waals surface area contributed by atoms with Crippen LogP contribution in [0.3, 0.4) is 0 Å². The van der Waals surface area contributed by atoms with E-state index in [1.54, 1.807) is 6.07 Å². The maximum Gasteiger partial charge on any atom is 0.149 e. The van der Waals surface area contributed by atoms with Crippen molar-refractivity contribution in [3.63, 3.8) is 0 Å². The molecule has 0 spiro atoms. The fourth-order valence-electron chi connectivity index (χ4n) is 6.95. The number of imidazole rings is 1. The fraction of sp³-hybridized carbons (Fsp3) is 0.136. The molecule has 0 atom stereocenters. The van der Waals surface area contributed by atoms with Gasteiger partial charge in [-0.05, 0) is 52.2 Å². The summed E-state index contributed by atoms with van der Waals surface area (Å²) >= 11 is 0. The number of para-hydroxylation sites is 3. The molecule has 0 saturated heterocycles. The van der Waals surface area contributed by atoms with Gasteiger partial charge < -0.3 is 5.11 Å². The number of fused-ring (bicyclic) bond motifs is 3. The topological polar surface area (TPSA) is 50.9 Å². The predicted octanol–water partition coefficient (Wildman–Crippen LogP) is 11.5. The van der Waals surface area contributed by atoms with Crippen LogP contribution in [0.2, 0.25) is 0 Å². The molecule has 0 bridgehead atoms. The van der Waals surface area contributed by atoms with Crippen LogP contribution in [0, 0.1) is 6.07 Å². The Kier molecular flexibility index (Phi) is 8.69. The zero-order valence-electron chi connectivity index (χ0n) is 27.9. The zero-order chi connectivity index (χ0) is 32.9. The molecule has 0 unspecified atom stereocenters. The van der Waals surface area contributed by atoms with Gasteiger partial charge in [-0.3, -0.25) is 9.55 Å². The molecule has 1 N–H and O–H groups in total. The van der Waals surface area contributed by atoms with Gasteiger partial charge in [-0.25, -0.2) is 4.98 Å². The van der Waals surface area contributed by atoms with Gasteiger partial charge in [0.25, 0.3) is 0 Å². The average molecular weight is 818 g/mol. The van der Waals surface area contributed by atoms with Gasteiger partial charge in [-0.15, -0.1) is 29.1 Å². The molecule has 0 aliphatic heterocycles. The summed E-state index contributed by atoms with van der Waals surface area (Å²) in [5, 5.41) is 15.7. The van der Waals surface area contributed by atoms with E-state index >= 15 is 0 Å². The SMILES string of the molecule is CC(C)c1cccc(C(C)C)c1-n1c(-c2ccccc2O)nc2c(-c3nc(-c4[c-]cc5ccccc5c4)cc4ccccc34)cccc21.[Pt]. The third-order valence-electron chi connectivity index (χ3n) is 9.35. The third-order valence-corrected chi connectivity index (χ3v) is 9.35. The summed E-state index contributed by atoms with van der Waals surface area (Å²) in [7, 11) is 0. The Morgan fingerprint density at radius 2 is 1.27 bits per heavy atom. The quantitative estimate of drug-likeness (QED) is 0.170. The van der Waals surface area contributed by atoms with E-state index < -0.39 is 0 Å². The molecule has 0 saturated carbocycles. The Balaban J connectivity index is 0.00000378. The van der Waals surface area contributed by atoms with E-state index in [1.165, 1.54) is 11.1 Å². The van der Waals surface area contributed by atoms with Crippen molar-refractivity contribution in [3.05, 3.63) is 145 Å². The number of hydrogen-bond acceptors (Lipinski definition) is 3. The van der Waals surface area contributed by atoms with Gasteiger partial charge in [0, 0.05) is 32.0 Å². The first-order valence-electron chi connectivity index (χ1n) is 16.6.